The van der Waals surface area contributed by atoms with E-state index in [1.54, 1.807) is 7.48 Å². The molecule has 1 aliphatic rings. The molecule has 4 nitrogen and oxygen atoms in total. The van der Waals surface area contributed by atoms with Crippen LogP contribution in [0.5, 0.6) is 0 Å². The van der Waals surface area contributed by atoms with Gasteiger partial charge in [-0.15, -0.1) is 0 Å². The summed E-state index contributed by atoms with van der Waals surface area (Å²) in [5.41, 5.74) is 1.84. The largest absolute Gasteiger partial charge is 0.354 e. The zero-order valence-corrected chi connectivity index (χ0v) is 8.68. The summed E-state index contributed by atoms with van der Waals surface area (Å²) < 4.78 is 0. The number of rotatable bonds is 3. The number of nitrogens with one attached hydrogen (secondary N) is 1. The van der Waals surface area contributed by atoms with Crippen molar-refractivity contribution in [1.29, 1.82) is 0 Å². The van der Waals surface area contributed by atoms with Crippen LogP contribution in [-0.4, -0.2) is 20.0 Å². The van der Waals surface area contributed by atoms with Crippen LogP contribution in [0.1, 0.15) is 11.4 Å². The highest BCUT2D eigenvalue weighted by molar-refractivity contribution is 6.30. The Hall–Kier alpha value is -1.59. The van der Waals surface area contributed by atoms with Crippen molar-refractivity contribution in [3.8, 4) is 0 Å². The van der Waals surface area contributed by atoms with Crippen molar-refractivity contribution in [2.45, 2.75) is 5.82 Å². The fraction of sp³-hybridized carbons (Fsp3) is 0.182. The van der Waals surface area contributed by atoms with E-state index >= 15 is 0 Å². The molecule has 1 saturated heterocycles. The molecule has 1 unspecified atom stereocenters. The maximum Gasteiger partial charge on any atom is 0.354 e. The van der Waals surface area contributed by atoms with E-state index in [4.69, 9.17) is 9.69 Å². The van der Waals surface area contributed by atoms with Gasteiger partial charge in [0.25, 0.3) is 0 Å². The predicted octanol–water partition coefficient (Wildman–Crippen LogP) is 1.43. The average Bonchev–Trinajstić information content (AvgIpc) is 2.83. The van der Waals surface area contributed by atoms with Crippen LogP contribution < -0.4 is 5.32 Å². The highest BCUT2D eigenvalue weighted by atomic mass is 17.2. The molecule has 1 atom stereocenters. The lowest BCUT2D eigenvalue weighted by molar-refractivity contribution is -0.183. The number of anilines is 1. The van der Waals surface area contributed by atoms with E-state index in [1.165, 1.54) is 6.08 Å². The molecule has 0 bridgehead atoms. The van der Waals surface area contributed by atoms with Gasteiger partial charge in [-0.25, -0.2) is 0 Å². The number of benzene rings is 1. The fourth-order valence-corrected chi connectivity index (χ4v) is 1.44. The first-order valence-electron chi connectivity index (χ1n) is 4.94. The summed E-state index contributed by atoms with van der Waals surface area (Å²) in [5, 5.41) is 2.68. The number of carbonyl (C=O) groups is 1. The molecule has 0 spiro atoms. The van der Waals surface area contributed by atoms with Crippen LogP contribution in [0.3, 0.4) is 0 Å². The van der Waals surface area contributed by atoms with E-state index in [0.717, 1.165) is 11.3 Å². The Kier molecular flexibility index (Phi) is 3.39. The molecule has 16 heavy (non-hydrogen) atoms. The maximum atomic E-state index is 11.0. The summed E-state index contributed by atoms with van der Waals surface area (Å²) in [4.78, 5) is 20.5. The second kappa shape index (κ2) is 4.96. The smallest absolute Gasteiger partial charge is 0.323 e. The third kappa shape index (κ3) is 2.50. The van der Waals surface area contributed by atoms with Crippen molar-refractivity contribution < 1.29 is 14.5 Å². The predicted molar refractivity (Wildman–Crippen MR) is 60.8 cm³/mol. The van der Waals surface area contributed by atoms with Crippen LogP contribution in [0, 0.1) is 0 Å². The zero-order valence-electron chi connectivity index (χ0n) is 8.68. The number of hydrogen-bond acceptors (Lipinski definition) is 3. The Bertz CT molecular complexity index is 385. The van der Waals surface area contributed by atoms with Gasteiger partial charge in [-0.1, -0.05) is 18.7 Å². The van der Waals surface area contributed by atoms with Gasteiger partial charge in [-0.3, -0.25) is 9.68 Å². The Morgan fingerprint density at radius 1 is 1.50 bits per heavy atom. The van der Waals surface area contributed by atoms with E-state index in [9.17, 15) is 4.79 Å². The van der Waals surface area contributed by atoms with Gasteiger partial charge in [0.1, 0.15) is 0 Å². The van der Waals surface area contributed by atoms with Crippen LogP contribution >= 0.6 is 0 Å². The monoisotopic (exact) mass is 216 g/mol. The molecule has 1 N–H and O–H groups in total. The molecule has 1 amide bonds. The first-order valence-corrected chi connectivity index (χ1v) is 4.94. The summed E-state index contributed by atoms with van der Waals surface area (Å²) in [6.07, 6.45) is 1.24. The summed E-state index contributed by atoms with van der Waals surface area (Å²) in [5.74, 6) is -0.0593. The zero-order chi connectivity index (χ0) is 11.4. The molecule has 1 heterocycles. The van der Waals surface area contributed by atoms with Gasteiger partial charge in [0.05, 0.1) is 6.61 Å². The van der Waals surface area contributed by atoms with Crippen molar-refractivity contribution in [1.82, 2.24) is 0 Å². The lowest BCUT2D eigenvalue weighted by Crippen LogP contribution is -2.08. The first kappa shape index (κ1) is 10.9. The van der Waals surface area contributed by atoms with Crippen LogP contribution in [0.25, 0.3) is 0 Å². The minimum Gasteiger partial charge on any atom is -0.323 e. The van der Waals surface area contributed by atoms with Crippen molar-refractivity contribution in [2.75, 3.05) is 11.9 Å². The highest BCUT2D eigenvalue weighted by Crippen LogP contribution is 2.21. The van der Waals surface area contributed by atoms with Crippen molar-refractivity contribution >= 4 is 19.1 Å². The quantitative estimate of drug-likeness (QED) is 0.472. The fourth-order valence-electron chi connectivity index (χ4n) is 1.44. The second-order valence-corrected chi connectivity index (χ2v) is 3.44. The van der Waals surface area contributed by atoms with Crippen molar-refractivity contribution in [3.05, 3.63) is 42.5 Å². The summed E-state index contributed by atoms with van der Waals surface area (Å²) in [6, 6.07) is 7.53. The van der Waals surface area contributed by atoms with Crippen LogP contribution in [0.2, 0.25) is 0 Å². The van der Waals surface area contributed by atoms with Gasteiger partial charge in [-0.2, -0.15) is 0 Å². The Morgan fingerprint density at radius 2 is 2.25 bits per heavy atom. The first-order chi connectivity index (χ1) is 7.79. The standard InChI is InChI=1S/C11H11BNO3/c1-2-11(14)13-9-5-3-8(4-6-9)10-7-15-16-12-10/h2-6,10H,1,7H2,(H,13,14). The second-order valence-electron chi connectivity index (χ2n) is 3.44. The van der Waals surface area contributed by atoms with Gasteiger partial charge in [0.15, 0.2) is 0 Å². The van der Waals surface area contributed by atoms with E-state index in [0.29, 0.717) is 6.61 Å². The van der Waals surface area contributed by atoms with Crippen molar-refractivity contribution in [2.24, 2.45) is 0 Å². The summed E-state index contributed by atoms with van der Waals surface area (Å²) in [7, 11) is 1.65. The molecule has 0 saturated carbocycles. The highest BCUT2D eigenvalue weighted by Gasteiger charge is 2.21. The molecule has 2 rings (SSSR count). The minimum absolute atomic E-state index is 0.157. The summed E-state index contributed by atoms with van der Waals surface area (Å²) in [6.45, 7) is 3.91. The molecule has 1 radical (unpaired) electrons. The summed E-state index contributed by atoms with van der Waals surface area (Å²) >= 11 is 0. The molecular weight excluding hydrogens is 205 g/mol. The Labute approximate surface area is 94.5 Å². The van der Waals surface area contributed by atoms with E-state index in [1.807, 2.05) is 24.3 Å². The third-order valence-corrected chi connectivity index (χ3v) is 2.33. The molecule has 1 fully saturated rings. The van der Waals surface area contributed by atoms with E-state index < -0.39 is 0 Å². The number of hydrogen-bond donors (Lipinski definition) is 1. The molecular formula is C11H11BNO3. The average molecular weight is 216 g/mol. The normalized spacial score (nSPS) is 18.9. The van der Waals surface area contributed by atoms with Crippen LogP contribution in [0.15, 0.2) is 36.9 Å². The minimum atomic E-state index is -0.216. The van der Waals surface area contributed by atoms with E-state index in [-0.39, 0.29) is 11.7 Å². The topological polar surface area (TPSA) is 47.6 Å². The van der Waals surface area contributed by atoms with Crippen LogP contribution in [-0.2, 0) is 14.5 Å². The Morgan fingerprint density at radius 3 is 2.81 bits per heavy atom. The van der Waals surface area contributed by atoms with E-state index in [2.05, 4.69) is 11.9 Å². The van der Waals surface area contributed by atoms with Crippen molar-refractivity contribution in [3.63, 3.8) is 0 Å². The Balaban J connectivity index is 2.03. The molecule has 81 valence electrons. The third-order valence-electron chi connectivity index (χ3n) is 2.33. The lowest BCUT2D eigenvalue weighted by atomic mass is 9.77. The number of carbonyl (C=O) groups excluding carboxylic acids is 1. The molecule has 5 heteroatoms. The molecule has 0 aliphatic carbocycles. The molecule has 0 aromatic heterocycles. The van der Waals surface area contributed by atoms with Gasteiger partial charge >= 0.3 is 7.48 Å². The number of amides is 1. The van der Waals surface area contributed by atoms with Gasteiger partial charge in [0.2, 0.25) is 5.91 Å². The SMILES string of the molecule is C=CC(=O)Nc1ccc(C2[B]OOC2)cc1. The van der Waals surface area contributed by atoms with Crippen LogP contribution in [0.4, 0.5) is 5.69 Å². The van der Waals surface area contributed by atoms with Gasteiger partial charge < -0.3 is 10.1 Å². The molecule has 1 aliphatic heterocycles. The maximum absolute atomic E-state index is 11.0. The van der Waals surface area contributed by atoms with Gasteiger partial charge in [-0.05, 0) is 23.8 Å². The van der Waals surface area contributed by atoms with Gasteiger partial charge in [0, 0.05) is 11.5 Å². The molecule has 1 aromatic carbocycles. The lowest BCUT2D eigenvalue weighted by Gasteiger charge is -2.07. The molecule has 1 aromatic rings.